The van der Waals surface area contributed by atoms with Crippen molar-refractivity contribution in [2.24, 2.45) is 0 Å². The molecule has 32 heavy (non-hydrogen) atoms. The fourth-order valence-corrected chi connectivity index (χ4v) is 5.05. The molecule has 0 saturated carbocycles. The lowest BCUT2D eigenvalue weighted by Gasteiger charge is -2.33. The molecular weight excluding hydrogens is 442 g/mol. The Morgan fingerprint density at radius 3 is 2.69 bits per heavy atom. The second-order valence-corrected chi connectivity index (χ2v) is 9.21. The number of anilines is 1. The first kappa shape index (κ1) is 22.2. The largest absolute Gasteiger partial charge is 0.352 e. The number of hydrogen-bond donors (Lipinski definition) is 2. The number of para-hydroxylation sites is 1. The van der Waals surface area contributed by atoms with E-state index >= 15 is 0 Å². The average molecular weight is 464 g/mol. The standard InChI is InChI=1S/C25H22ClN3O2S/c1-15-5-2-3-6-19(15)28-22(31)14-32-25-18(13-27)23(16-9-11-17(26)12-10-16)24-20(29-25)7-4-8-21(24)30/h2-3,5-6,9-12,23,29H,4,7-8,14H2,1H3,(H,28,31)/t23-/m0/s1. The zero-order chi connectivity index (χ0) is 22.7. The summed E-state index contributed by atoms with van der Waals surface area (Å²) >= 11 is 7.35. The van der Waals surface area contributed by atoms with E-state index in [1.165, 1.54) is 11.8 Å². The predicted octanol–water partition coefficient (Wildman–Crippen LogP) is 5.45. The molecule has 0 fully saturated rings. The van der Waals surface area contributed by atoms with Gasteiger partial charge in [0.15, 0.2) is 5.78 Å². The van der Waals surface area contributed by atoms with Gasteiger partial charge in [0.05, 0.1) is 28.3 Å². The number of halogens is 1. The highest BCUT2D eigenvalue weighted by Gasteiger charge is 2.37. The predicted molar refractivity (Wildman–Crippen MR) is 128 cm³/mol. The Bertz CT molecular complexity index is 1180. The molecule has 1 aliphatic carbocycles. The zero-order valence-corrected chi connectivity index (χ0v) is 19.1. The van der Waals surface area contributed by atoms with Crippen LogP contribution < -0.4 is 10.6 Å². The van der Waals surface area contributed by atoms with Crippen molar-refractivity contribution >= 4 is 40.7 Å². The molecule has 2 aromatic rings. The van der Waals surface area contributed by atoms with Crippen LogP contribution in [0.4, 0.5) is 5.69 Å². The van der Waals surface area contributed by atoms with Gasteiger partial charge in [0.1, 0.15) is 0 Å². The summed E-state index contributed by atoms with van der Waals surface area (Å²) in [4.78, 5) is 25.4. The van der Waals surface area contributed by atoms with Crippen LogP contribution in [-0.4, -0.2) is 17.4 Å². The molecule has 7 heteroatoms. The third-order valence-corrected chi connectivity index (χ3v) is 6.90. The molecule has 1 amide bonds. The molecule has 0 spiro atoms. The molecule has 0 bridgehead atoms. The Morgan fingerprint density at radius 2 is 1.97 bits per heavy atom. The lowest BCUT2D eigenvalue weighted by atomic mass is 9.77. The van der Waals surface area contributed by atoms with Gasteiger partial charge >= 0.3 is 0 Å². The number of aryl methyl sites for hydroxylation is 1. The van der Waals surface area contributed by atoms with Crippen LogP contribution in [0.2, 0.25) is 5.02 Å². The van der Waals surface area contributed by atoms with E-state index in [0.29, 0.717) is 27.6 Å². The van der Waals surface area contributed by atoms with Crippen molar-refractivity contribution in [3.8, 4) is 6.07 Å². The average Bonchev–Trinajstić information content (AvgIpc) is 2.79. The Morgan fingerprint density at radius 1 is 1.22 bits per heavy atom. The highest BCUT2D eigenvalue weighted by molar-refractivity contribution is 8.03. The molecule has 0 aromatic heterocycles. The molecule has 0 unspecified atom stereocenters. The minimum Gasteiger partial charge on any atom is -0.352 e. The molecular formula is C25H22ClN3O2S. The van der Waals surface area contributed by atoms with Crippen LogP contribution in [0.3, 0.4) is 0 Å². The quantitative estimate of drug-likeness (QED) is 0.616. The number of carbonyl (C=O) groups is 2. The highest BCUT2D eigenvalue weighted by atomic mass is 35.5. The van der Waals surface area contributed by atoms with Crippen LogP contribution in [0, 0.1) is 18.3 Å². The Kier molecular flexibility index (Phi) is 6.69. The number of nitriles is 1. The van der Waals surface area contributed by atoms with E-state index in [9.17, 15) is 14.9 Å². The SMILES string of the molecule is Cc1ccccc1NC(=O)CSC1=C(C#N)[C@H](c2ccc(Cl)cc2)C2=C(CCCC2=O)N1. The maximum absolute atomic E-state index is 12.8. The number of amides is 1. The number of ketones is 1. The number of allylic oxidation sites excluding steroid dienone is 3. The monoisotopic (exact) mass is 463 g/mol. The summed E-state index contributed by atoms with van der Waals surface area (Å²) in [5, 5.41) is 17.5. The van der Waals surface area contributed by atoms with Gasteiger partial charge in [-0.25, -0.2) is 0 Å². The fourth-order valence-electron chi connectivity index (χ4n) is 4.06. The minimum atomic E-state index is -0.455. The minimum absolute atomic E-state index is 0.0628. The van der Waals surface area contributed by atoms with E-state index in [-0.39, 0.29) is 17.4 Å². The summed E-state index contributed by atoms with van der Waals surface area (Å²) in [6.07, 6.45) is 1.99. The van der Waals surface area contributed by atoms with Crippen molar-refractivity contribution in [2.45, 2.75) is 32.1 Å². The first-order valence-electron chi connectivity index (χ1n) is 10.4. The van der Waals surface area contributed by atoms with Gasteiger partial charge in [-0.05, 0) is 49.1 Å². The van der Waals surface area contributed by atoms with Crippen LogP contribution in [0.25, 0.3) is 0 Å². The van der Waals surface area contributed by atoms with Crippen molar-refractivity contribution in [3.63, 3.8) is 0 Å². The number of dihydropyridines is 1. The van der Waals surface area contributed by atoms with Gasteiger partial charge in [0.2, 0.25) is 5.91 Å². The lowest BCUT2D eigenvalue weighted by Crippen LogP contribution is -2.31. The van der Waals surface area contributed by atoms with Crippen LogP contribution in [0.5, 0.6) is 0 Å². The van der Waals surface area contributed by atoms with Gasteiger partial charge in [-0.3, -0.25) is 9.59 Å². The third kappa shape index (κ3) is 4.59. The smallest absolute Gasteiger partial charge is 0.234 e. The van der Waals surface area contributed by atoms with E-state index in [0.717, 1.165) is 35.4 Å². The summed E-state index contributed by atoms with van der Waals surface area (Å²) in [6, 6.07) is 17.1. The van der Waals surface area contributed by atoms with Gasteiger partial charge < -0.3 is 10.6 Å². The van der Waals surface area contributed by atoms with Gasteiger partial charge in [-0.1, -0.05) is 53.7 Å². The van der Waals surface area contributed by atoms with Crippen LogP contribution >= 0.6 is 23.4 Å². The zero-order valence-electron chi connectivity index (χ0n) is 17.6. The van der Waals surface area contributed by atoms with Crippen LogP contribution in [0.15, 0.2) is 70.4 Å². The van der Waals surface area contributed by atoms with Crippen molar-refractivity contribution in [1.82, 2.24) is 5.32 Å². The van der Waals surface area contributed by atoms with E-state index in [2.05, 4.69) is 16.7 Å². The maximum Gasteiger partial charge on any atom is 0.234 e. The van der Waals surface area contributed by atoms with E-state index < -0.39 is 5.92 Å². The van der Waals surface area contributed by atoms with Crippen molar-refractivity contribution < 1.29 is 9.59 Å². The molecule has 1 aliphatic heterocycles. The summed E-state index contributed by atoms with van der Waals surface area (Å²) in [7, 11) is 0. The first-order chi connectivity index (χ1) is 15.5. The van der Waals surface area contributed by atoms with Crippen LogP contribution in [0.1, 0.15) is 36.3 Å². The van der Waals surface area contributed by atoms with E-state index in [1.54, 1.807) is 12.1 Å². The summed E-state index contributed by atoms with van der Waals surface area (Å²) in [5.41, 5.74) is 4.56. The fraction of sp³-hybridized carbons (Fsp3) is 0.240. The van der Waals surface area contributed by atoms with Crippen molar-refractivity contribution in [3.05, 3.63) is 86.6 Å². The number of carbonyl (C=O) groups excluding carboxylic acids is 2. The first-order valence-corrected chi connectivity index (χ1v) is 11.8. The second kappa shape index (κ2) is 9.64. The molecule has 2 N–H and O–H groups in total. The van der Waals surface area contributed by atoms with Gasteiger partial charge in [-0.15, -0.1) is 0 Å². The third-order valence-electron chi connectivity index (χ3n) is 5.63. The highest BCUT2D eigenvalue weighted by Crippen LogP contribution is 2.44. The molecule has 0 saturated heterocycles. The number of rotatable bonds is 5. The maximum atomic E-state index is 12.8. The molecule has 162 valence electrons. The molecule has 1 atom stereocenters. The summed E-state index contributed by atoms with van der Waals surface area (Å²) in [5.74, 6) is -0.402. The normalized spacial score (nSPS) is 18.0. The number of hydrogen-bond acceptors (Lipinski definition) is 5. The van der Waals surface area contributed by atoms with Gasteiger partial charge in [0.25, 0.3) is 0 Å². The number of benzene rings is 2. The topological polar surface area (TPSA) is 82.0 Å². The lowest BCUT2D eigenvalue weighted by molar-refractivity contribution is -0.116. The second-order valence-electron chi connectivity index (χ2n) is 7.78. The number of nitrogens with zero attached hydrogens (tertiary/aromatic N) is 1. The van der Waals surface area contributed by atoms with Gasteiger partial charge in [0, 0.05) is 28.4 Å². The van der Waals surface area contributed by atoms with Crippen molar-refractivity contribution in [2.75, 3.05) is 11.1 Å². The molecule has 0 radical (unpaired) electrons. The molecule has 1 heterocycles. The molecule has 4 rings (SSSR count). The van der Waals surface area contributed by atoms with Crippen LogP contribution in [-0.2, 0) is 9.59 Å². The Hall–Kier alpha value is -3.01. The number of thioether (sulfide) groups is 1. The molecule has 2 aliphatic rings. The Balaban J connectivity index is 1.62. The van der Waals surface area contributed by atoms with E-state index in [4.69, 9.17) is 11.6 Å². The number of nitrogens with one attached hydrogen (secondary N) is 2. The molecule has 5 nitrogen and oxygen atoms in total. The number of Topliss-reactive ketones (excluding diaryl/α,β-unsaturated/α-hetero) is 1. The summed E-state index contributed by atoms with van der Waals surface area (Å²) in [6.45, 7) is 1.94. The molecule has 2 aromatic carbocycles. The van der Waals surface area contributed by atoms with Gasteiger partial charge in [-0.2, -0.15) is 5.26 Å². The van der Waals surface area contributed by atoms with E-state index in [1.807, 2.05) is 43.3 Å². The van der Waals surface area contributed by atoms with Crippen molar-refractivity contribution in [1.29, 1.82) is 5.26 Å². The Labute approximate surface area is 196 Å². The summed E-state index contributed by atoms with van der Waals surface area (Å²) < 4.78 is 0.